The van der Waals surface area contributed by atoms with Crippen LogP contribution < -0.4 is 14.8 Å². The Morgan fingerprint density at radius 3 is 2.72 bits per heavy atom. The summed E-state index contributed by atoms with van der Waals surface area (Å²) in [5.74, 6) is 2.85. The van der Waals surface area contributed by atoms with Crippen molar-refractivity contribution < 1.29 is 14.3 Å². The van der Waals surface area contributed by atoms with Crippen LogP contribution in [-0.4, -0.2) is 30.3 Å². The quantitative estimate of drug-likeness (QED) is 0.582. The van der Waals surface area contributed by atoms with Gasteiger partial charge in [-0.05, 0) is 48.2 Å². The van der Waals surface area contributed by atoms with E-state index in [0.717, 1.165) is 39.9 Å². The standard InChI is InChI=1S/C23H27N3O3/c1-28-17-9-11-21(29-2)19(14-17)16-8-10-18-20(13-16)25-26-23(18)24-22(27)12-7-15-5-3-4-6-15/h8-11,13-15H,3-7,12H2,1-2H3,(H2,24,25,26,27). The molecule has 6 nitrogen and oxygen atoms in total. The normalized spacial score (nSPS) is 14.3. The maximum absolute atomic E-state index is 12.4. The summed E-state index contributed by atoms with van der Waals surface area (Å²) in [6.07, 6.45) is 6.64. The monoisotopic (exact) mass is 393 g/mol. The summed E-state index contributed by atoms with van der Waals surface area (Å²) in [6, 6.07) is 11.7. The minimum absolute atomic E-state index is 0.0313. The number of nitrogens with one attached hydrogen (secondary N) is 2. The minimum atomic E-state index is 0.0313. The maximum Gasteiger partial charge on any atom is 0.225 e. The van der Waals surface area contributed by atoms with Crippen molar-refractivity contribution in [2.75, 3.05) is 19.5 Å². The van der Waals surface area contributed by atoms with Gasteiger partial charge >= 0.3 is 0 Å². The van der Waals surface area contributed by atoms with Crippen LogP contribution in [-0.2, 0) is 4.79 Å². The van der Waals surface area contributed by atoms with Crippen LogP contribution in [0, 0.1) is 5.92 Å². The molecule has 29 heavy (non-hydrogen) atoms. The fraction of sp³-hybridized carbons (Fsp3) is 0.391. The fourth-order valence-corrected chi connectivity index (χ4v) is 4.15. The summed E-state index contributed by atoms with van der Waals surface area (Å²) in [5, 5.41) is 11.2. The first-order chi connectivity index (χ1) is 14.2. The van der Waals surface area contributed by atoms with E-state index in [0.29, 0.717) is 18.2 Å². The van der Waals surface area contributed by atoms with Gasteiger partial charge in [-0.25, -0.2) is 0 Å². The molecule has 1 heterocycles. The molecule has 0 spiro atoms. The molecule has 1 aromatic heterocycles. The van der Waals surface area contributed by atoms with Gasteiger partial charge in [0.05, 0.1) is 19.7 Å². The predicted molar refractivity (Wildman–Crippen MR) is 114 cm³/mol. The number of amides is 1. The summed E-state index contributed by atoms with van der Waals surface area (Å²) >= 11 is 0. The smallest absolute Gasteiger partial charge is 0.225 e. The van der Waals surface area contributed by atoms with Gasteiger partial charge < -0.3 is 14.8 Å². The first-order valence-corrected chi connectivity index (χ1v) is 10.2. The molecule has 0 aliphatic heterocycles. The summed E-state index contributed by atoms with van der Waals surface area (Å²) < 4.78 is 10.8. The van der Waals surface area contributed by atoms with E-state index >= 15 is 0 Å². The number of hydrogen-bond donors (Lipinski definition) is 2. The number of methoxy groups -OCH3 is 2. The van der Waals surface area contributed by atoms with Crippen LogP contribution in [0.1, 0.15) is 38.5 Å². The molecule has 0 atom stereocenters. The maximum atomic E-state index is 12.4. The van der Waals surface area contributed by atoms with E-state index in [1.54, 1.807) is 14.2 Å². The van der Waals surface area contributed by atoms with Crippen LogP contribution >= 0.6 is 0 Å². The van der Waals surface area contributed by atoms with Crippen molar-refractivity contribution in [3.05, 3.63) is 36.4 Å². The fourth-order valence-electron chi connectivity index (χ4n) is 4.15. The first kappa shape index (κ1) is 19.3. The Hall–Kier alpha value is -3.02. The number of ether oxygens (including phenoxy) is 2. The molecule has 1 fully saturated rings. The van der Waals surface area contributed by atoms with Crippen LogP contribution in [0.3, 0.4) is 0 Å². The molecule has 4 rings (SSSR count). The average molecular weight is 393 g/mol. The molecule has 3 aromatic rings. The molecule has 0 unspecified atom stereocenters. The third-order valence-corrected chi connectivity index (χ3v) is 5.79. The average Bonchev–Trinajstić information content (AvgIpc) is 3.41. The van der Waals surface area contributed by atoms with Crippen LogP contribution in [0.25, 0.3) is 22.0 Å². The lowest BCUT2D eigenvalue weighted by Crippen LogP contribution is -2.13. The number of rotatable bonds is 7. The van der Waals surface area contributed by atoms with E-state index in [9.17, 15) is 4.79 Å². The van der Waals surface area contributed by atoms with Crippen LogP contribution in [0.15, 0.2) is 36.4 Å². The van der Waals surface area contributed by atoms with E-state index in [1.165, 1.54) is 25.7 Å². The summed E-state index contributed by atoms with van der Waals surface area (Å²) in [7, 11) is 3.30. The second-order valence-corrected chi connectivity index (χ2v) is 7.64. The topological polar surface area (TPSA) is 76.2 Å². The Morgan fingerprint density at radius 1 is 1.14 bits per heavy atom. The number of aromatic nitrogens is 2. The van der Waals surface area contributed by atoms with Crippen molar-refractivity contribution in [1.82, 2.24) is 10.2 Å². The first-order valence-electron chi connectivity index (χ1n) is 10.2. The lowest BCUT2D eigenvalue weighted by molar-refractivity contribution is -0.116. The molecule has 1 aliphatic rings. The highest BCUT2D eigenvalue weighted by molar-refractivity contribution is 6.00. The number of anilines is 1. The molecule has 1 amide bonds. The number of H-pyrrole nitrogens is 1. The van der Waals surface area contributed by atoms with Crippen molar-refractivity contribution >= 4 is 22.6 Å². The summed E-state index contributed by atoms with van der Waals surface area (Å²) in [4.78, 5) is 12.4. The number of nitrogens with zero attached hydrogens (tertiary/aromatic N) is 1. The number of aromatic amines is 1. The van der Waals surface area contributed by atoms with Gasteiger partial charge in [-0.1, -0.05) is 31.7 Å². The number of hydrogen-bond acceptors (Lipinski definition) is 4. The minimum Gasteiger partial charge on any atom is -0.497 e. The van der Waals surface area contributed by atoms with Crippen molar-refractivity contribution in [2.24, 2.45) is 5.92 Å². The second kappa shape index (κ2) is 8.55. The van der Waals surface area contributed by atoms with Crippen LogP contribution in [0.4, 0.5) is 5.82 Å². The molecule has 2 N–H and O–H groups in total. The van der Waals surface area contributed by atoms with E-state index < -0.39 is 0 Å². The van der Waals surface area contributed by atoms with Gasteiger partial charge in [0, 0.05) is 17.4 Å². The van der Waals surface area contributed by atoms with Crippen molar-refractivity contribution in [1.29, 1.82) is 0 Å². The lowest BCUT2D eigenvalue weighted by Gasteiger charge is -2.11. The summed E-state index contributed by atoms with van der Waals surface area (Å²) in [5.41, 5.74) is 2.78. The van der Waals surface area contributed by atoms with Crippen molar-refractivity contribution in [2.45, 2.75) is 38.5 Å². The molecule has 152 valence electrons. The molecule has 1 aliphatic carbocycles. The third-order valence-electron chi connectivity index (χ3n) is 5.79. The van der Waals surface area contributed by atoms with Gasteiger partial charge in [-0.3, -0.25) is 9.89 Å². The van der Waals surface area contributed by atoms with E-state index in [4.69, 9.17) is 9.47 Å². The molecule has 2 aromatic carbocycles. The SMILES string of the molecule is COc1ccc(OC)c(-c2ccc3c(NC(=O)CCC4CCCC4)n[nH]c3c2)c1. The Kier molecular flexibility index (Phi) is 5.69. The zero-order valence-corrected chi connectivity index (χ0v) is 17.0. The van der Waals surface area contributed by atoms with Gasteiger partial charge in [-0.15, -0.1) is 0 Å². The summed E-state index contributed by atoms with van der Waals surface area (Å²) in [6.45, 7) is 0. The third kappa shape index (κ3) is 4.21. The zero-order chi connectivity index (χ0) is 20.2. The Labute approximate surface area is 170 Å². The molecular weight excluding hydrogens is 366 g/mol. The van der Waals surface area contributed by atoms with Gasteiger partial charge in [0.2, 0.25) is 5.91 Å². The predicted octanol–water partition coefficient (Wildman–Crippen LogP) is 5.16. The largest absolute Gasteiger partial charge is 0.497 e. The van der Waals surface area contributed by atoms with Gasteiger partial charge in [-0.2, -0.15) is 5.10 Å². The highest BCUT2D eigenvalue weighted by Crippen LogP contribution is 2.35. The van der Waals surface area contributed by atoms with Crippen LogP contribution in [0.2, 0.25) is 0 Å². The highest BCUT2D eigenvalue weighted by atomic mass is 16.5. The van der Waals surface area contributed by atoms with Gasteiger partial charge in [0.25, 0.3) is 0 Å². The number of carbonyl (C=O) groups excluding carboxylic acids is 1. The zero-order valence-electron chi connectivity index (χ0n) is 17.0. The molecule has 0 saturated heterocycles. The van der Waals surface area contributed by atoms with Crippen molar-refractivity contribution in [3.8, 4) is 22.6 Å². The van der Waals surface area contributed by atoms with E-state index in [2.05, 4.69) is 15.5 Å². The second-order valence-electron chi connectivity index (χ2n) is 7.64. The molecule has 0 radical (unpaired) electrons. The van der Waals surface area contributed by atoms with E-state index in [-0.39, 0.29) is 5.91 Å². The molecule has 1 saturated carbocycles. The number of carbonyl (C=O) groups is 1. The Morgan fingerprint density at radius 2 is 1.97 bits per heavy atom. The highest BCUT2D eigenvalue weighted by Gasteiger charge is 2.17. The van der Waals surface area contributed by atoms with Gasteiger partial charge in [0.15, 0.2) is 5.82 Å². The number of fused-ring (bicyclic) bond motifs is 1. The van der Waals surface area contributed by atoms with E-state index in [1.807, 2.05) is 36.4 Å². The van der Waals surface area contributed by atoms with Crippen LogP contribution in [0.5, 0.6) is 11.5 Å². The van der Waals surface area contributed by atoms with Crippen molar-refractivity contribution in [3.63, 3.8) is 0 Å². The van der Waals surface area contributed by atoms with Gasteiger partial charge in [0.1, 0.15) is 11.5 Å². The molecule has 6 heteroatoms. The lowest BCUT2D eigenvalue weighted by atomic mass is 10.0. The number of benzene rings is 2. The molecule has 0 bridgehead atoms. The Bertz CT molecular complexity index is 1010. The molecular formula is C23H27N3O3. The Balaban J connectivity index is 1.52.